The summed E-state index contributed by atoms with van der Waals surface area (Å²) in [4.78, 5) is 15.0. The standard InChI is InChI=1S/C17H22Cl2N2O/c1-21-10-7-15(17(21)8-3-2-4-9-17)20-16(22)12-5-6-13(18)14(19)11-12/h5-6,11,15H,2-4,7-10H2,1H3,(H,20,22). The second-order valence-electron chi connectivity index (χ2n) is 6.53. The van der Waals surface area contributed by atoms with Gasteiger partial charge in [0, 0.05) is 23.7 Å². The number of likely N-dealkylation sites (N-methyl/N-ethyl adjacent to an activating group) is 1. The summed E-state index contributed by atoms with van der Waals surface area (Å²) >= 11 is 11.9. The molecule has 2 aliphatic rings. The van der Waals surface area contributed by atoms with Crippen LogP contribution in [0, 0.1) is 0 Å². The Balaban J connectivity index is 1.76. The van der Waals surface area contributed by atoms with E-state index in [4.69, 9.17) is 23.2 Å². The minimum atomic E-state index is -0.0520. The molecule has 0 bridgehead atoms. The second kappa shape index (κ2) is 6.38. The van der Waals surface area contributed by atoms with E-state index in [0.717, 1.165) is 13.0 Å². The summed E-state index contributed by atoms with van der Waals surface area (Å²) in [6.07, 6.45) is 7.19. The predicted octanol–water partition coefficient (Wildman–Crippen LogP) is 4.13. The van der Waals surface area contributed by atoms with E-state index in [2.05, 4.69) is 17.3 Å². The number of hydrogen-bond acceptors (Lipinski definition) is 2. The molecule has 0 radical (unpaired) electrons. The first kappa shape index (κ1) is 16.1. The summed E-state index contributed by atoms with van der Waals surface area (Å²) in [6, 6.07) is 5.27. The van der Waals surface area contributed by atoms with Crippen LogP contribution in [0.1, 0.15) is 48.9 Å². The van der Waals surface area contributed by atoms with Gasteiger partial charge in [-0.2, -0.15) is 0 Å². The van der Waals surface area contributed by atoms with Crippen molar-refractivity contribution < 1.29 is 4.79 Å². The largest absolute Gasteiger partial charge is 0.347 e. The fourth-order valence-electron chi connectivity index (χ4n) is 4.06. The normalized spacial score (nSPS) is 24.6. The third-order valence-electron chi connectivity index (χ3n) is 5.37. The van der Waals surface area contributed by atoms with Crippen LogP contribution in [0.25, 0.3) is 0 Å². The van der Waals surface area contributed by atoms with Crippen LogP contribution < -0.4 is 5.32 Å². The van der Waals surface area contributed by atoms with Gasteiger partial charge in [0.15, 0.2) is 0 Å². The van der Waals surface area contributed by atoms with E-state index in [-0.39, 0.29) is 17.5 Å². The average Bonchev–Trinajstić information content (AvgIpc) is 2.80. The number of nitrogens with one attached hydrogen (secondary N) is 1. The maximum atomic E-state index is 12.6. The van der Waals surface area contributed by atoms with Crippen LogP contribution in [0.5, 0.6) is 0 Å². The van der Waals surface area contributed by atoms with Gasteiger partial charge in [-0.1, -0.05) is 42.5 Å². The van der Waals surface area contributed by atoms with Crippen LogP contribution in [-0.4, -0.2) is 36.0 Å². The van der Waals surface area contributed by atoms with E-state index in [1.54, 1.807) is 18.2 Å². The molecule has 1 heterocycles. The van der Waals surface area contributed by atoms with Crippen molar-refractivity contribution >= 4 is 29.1 Å². The Morgan fingerprint density at radius 3 is 2.64 bits per heavy atom. The van der Waals surface area contributed by atoms with Crippen LogP contribution in [0.2, 0.25) is 10.0 Å². The molecule has 1 aromatic rings. The summed E-state index contributed by atoms with van der Waals surface area (Å²) < 4.78 is 0. The molecule has 22 heavy (non-hydrogen) atoms. The summed E-state index contributed by atoms with van der Waals surface area (Å²) in [7, 11) is 2.19. The van der Waals surface area contributed by atoms with Crippen molar-refractivity contribution in [2.45, 2.75) is 50.1 Å². The van der Waals surface area contributed by atoms with Gasteiger partial charge in [-0.25, -0.2) is 0 Å². The van der Waals surface area contributed by atoms with Crippen molar-refractivity contribution in [2.24, 2.45) is 0 Å². The molecular weight excluding hydrogens is 319 g/mol. The van der Waals surface area contributed by atoms with E-state index in [1.807, 2.05) is 0 Å². The van der Waals surface area contributed by atoms with Gasteiger partial charge in [-0.3, -0.25) is 9.69 Å². The third kappa shape index (κ3) is 2.86. The van der Waals surface area contributed by atoms with Gasteiger partial charge >= 0.3 is 0 Å². The molecule has 5 heteroatoms. The maximum absolute atomic E-state index is 12.6. The van der Waals surface area contributed by atoms with Crippen molar-refractivity contribution in [3.8, 4) is 0 Å². The van der Waals surface area contributed by atoms with E-state index < -0.39 is 0 Å². The van der Waals surface area contributed by atoms with E-state index in [1.165, 1.54) is 32.1 Å². The van der Waals surface area contributed by atoms with Crippen molar-refractivity contribution in [3.63, 3.8) is 0 Å². The molecule has 1 aromatic carbocycles. The second-order valence-corrected chi connectivity index (χ2v) is 7.34. The topological polar surface area (TPSA) is 32.3 Å². The summed E-state index contributed by atoms with van der Waals surface area (Å²) in [6.45, 7) is 1.05. The van der Waals surface area contributed by atoms with Crippen LogP contribution in [0.3, 0.4) is 0 Å². The molecule has 1 amide bonds. The van der Waals surface area contributed by atoms with E-state index in [0.29, 0.717) is 15.6 Å². The molecule has 1 aliphatic heterocycles. The maximum Gasteiger partial charge on any atom is 0.251 e. The molecular formula is C17H22Cl2N2O. The number of amides is 1. The van der Waals surface area contributed by atoms with Crippen molar-refractivity contribution in [3.05, 3.63) is 33.8 Å². The van der Waals surface area contributed by atoms with E-state index >= 15 is 0 Å². The molecule has 1 N–H and O–H groups in total. The molecule has 1 spiro atoms. The Bertz CT molecular complexity index is 570. The Hall–Kier alpha value is -0.770. The van der Waals surface area contributed by atoms with Gasteiger partial charge in [0.05, 0.1) is 10.0 Å². The number of likely N-dealkylation sites (tertiary alicyclic amines) is 1. The molecule has 1 saturated heterocycles. The monoisotopic (exact) mass is 340 g/mol. The molecule has 1 unspecified atom stereocenters. The summed E-state index contributed by atoms with van der Waals surface area (Å²) in [5, 5.41) is 4.15. The first-order chi connectivity index (χ1) is 10.5. The number of halogens is 2. The van der Waals surface area contributed by atoms with Crippen molar-refractivity contribution in [2.75, 3.05) is 13.6 Å². The number of carbonyl (C=O) groups is 1. The molecule has 1 aliphatic carbocycles. The quantitative estimate of drug-likeness (QED) is 0.877. The summed E-state index contributed by atoms with van der Waals surface area (Å²) in [5.74, 6) is -0.0520. The molecule has 0 aromatic heterocycles. The Morgan fingerprint density at radius 2 is 1.95 bits per heavy atom. The zero-order chi connectivity index (χ0) is 15.7. The van der Waals surface area contributed by atoms with Crippen LogP contribution in [0.4, 0.5) is 0 Å². The minimum absolute atomic E-state index is 0.0520. The average molecular weight is 341 g/mol. The fraction of sp³-hybridized carbons (Fsp3) is 0.588. The highest BCUT2D eigenvalue weighted by atomic mass is 35.5. The molecule has 1 atom stereocenters. The lowest BCUT2D eigenvalue weighted by Gasteiger charge is -2.44. The lowest BCUT2D eigenvalue weighted by atomic mass is 9.77. The van der Waals surface area contributed by atoms with Crippen LogP contribution >= 0.6 is 23.2 Å². The van der Waals surface area contributed by atoms with Gasteiger partial charge in [0.25, 0.3) is 5.91 Å². The predicted molar refractivity (Wildman–Crippen MR) is 90.8 cm³/mol. The van der Waals surface area contributed by atoms with Gasteiger partial charge in [-0.05, 0) is 44.5 Å². The molecule has 120 valence electrons. The van der Waals surface area contributed by atoms with Gasteiger partial charge in [-0.15, -0.1) is 0 Å². The first-order valence-electron chi connectivity index (χ1n) is 8.00. The minimum Gasteiger partial charge on any atom is -0.347 e. The zero-order valence-electron chi connectivity index (χ0n) is 12.9. The van der Waals surface area contributed by atoms with Gasteiger partial charge in [0.2, 0.25) is 0 Å². The Kier molecular flexibility index (Phi) is 4.67. The van der Waals surface area contributed by atoms with Crippen LogP contribution in [-0.2, 0) is 0 Å². The number of nitrogens with zero attached hydrogens (tertiary/aromatic N) is 1. The summed E-state index contributed by atoms with van der Waals surface area (Å²) in [5.41, 5.74) is 0.722. The van der Waals surface area contributed by atoms with Crippen molar-refractivity contribution in [1.82, 2.24) is 10.2 Å². The number of benzene rings is 1. The van der Waals surface area contributed by atoms with Crippen molar-refractivity contribution in [1.29, 1.82) is 0 Å². The highest BCUT2D eigenvalue weighted by molar-refractivity contribution is 6.42. The Labute approximate surface area is 142 Å². The highest BCUT2D eigenvalue weighted by Gasteiger charge is 2.47. The third-order valence-corrected chi connectivity index (χ3v) is 6.11. The number of carbonyl (C=O) groups excluding carboxylic acids is 1. The highest BCUT2D eigenvalue weighted by Crippen LogP contribution is 2.41. The number of rotatable bonds is 2. The first-order valence-corrected chi connectivity index (χ1v) is 8.76. The van der Waals surface area contributed by atoms with Gasteiger partial charge < -0.3 is 5.32 Å². The molecule has 3 nitrogen and oxygen atoms in total. The SMILES string of the molecule is CN1CCC(NC(=O)c2ccc(Cl)c(Cl)c2)C12CCCCC2. The smallest absolute Gasteiger partial charge is 0.251 e. The molecule has 2 fully saturated rings. The van der Waals surface area contributed by atoms with E-state index in [9.17, 15) is 4.79 Å². The zero-order valence-corrected chi connectivity index (χ0v) is 14.4. The lowest BCUT2D eigenvalue weighted by molar-refractivity contribution is 0.0764. The number of hydrogen-bond donors (Lipinski definition) is 1. The fourth-order valence-corrected chi connectivity index (χ4v) is 4.36. The molecule has 3 rings (SSSR count). The van der Waals surface area contributed by atoms with Crippen LogP contribution in [0.15, 0.2) is 18.2 Å². The lowest BCUT2D eigenvalue weighted by Crippen LogP contribution is -2.56. The molecule has 1 saturated carbocycles. The van der Waals surface area contributed by atoms with Gasteiger partial charge in [0.1, 0.15) is 0 Å². The Morgan fingerprint density at radius 1 is 1.23 bits per heavy atom.